The number of aliphatic hydroxyl groups is 1. The number of benzene rings is 1. The second-order valence-electron chi connectivity index (χ2n) is 17.0. The molecule has 45 heavy (non-hydrogen) atoms. The molecule has 1 aliphatic heterocycles. The number of allylic oxidation sites excluding steroid dienone is 1. The van der Waals surface area contributed by atoms with Crippen LogP contribution in [0.4, 0.5) is 0 Å². The third kappa shape index (κ3) is 9.91. The summed E-state index contributed by atoms with van der Waals surface area (Å²) < 4.78 is 25.7. The molecule has 0 aromatic heterocycles. The van der Waals surface area contributed by atoms with E-state index in [2.05, 4.69) is 95.8 Å². The Morgan fingerprint density at radius 2 is 1.51 bits per heavy atom. The predicted molar refractivity (Wildman–Crippen MR) is 189 cm³/mol. The summed E-state index contributed by atoms with van der Waals surface area (Å²) in [6.07, 6.45) is 3.88. The van der Waals surface area contributed by atoms with Gasteiger partial charge in [0.1, 0.15) is 11.5 Å². The fourth-order valence-corrected chi connectivity index (χ4v) is 7.39. The van der Waals surface area contributed by atoms with Crippen molar-refractivity contribution in [2.24, 2.45) is 17.8 Å². The van der Waals surface area contributed by atoms with Gasteiger partial charge in [0.05, 0.1) is 37.4 Å². The number of hydrogen-bond donors (Lipinski definition) is 1. The van der Waals surface area contributed by atoms with Crippen LogP contribution >= 0.6 is 0 Å². The van der Waals surface area contributed by atoms with Gasteiger partial charge in [-0.1, -0.05) is 82.2 Å². The van der Waals surface area contributed by atoms with Crippen molar-refractivity contribution in [3.05, 3.63) is 35.9 Å². The van der Waals surface area contributed by atoms with Crippen LogP contribution in [-0.4, -0.2) is 50.9 Å². The van der Waals surface area contributed by atoms with E-state index in [0.717, 1.165) is 36.1 Å². The summed E-state index contributed by atoms with van der Waals surface area (Å²) in [7, 11) is -0.472. The summed E-state index contributed by atoms with van der Waals surface area (Å²) in [6, 6.07) is 3.97. The van der Waals surface area contributed by atoms with Gasteiger partial charge in [0, 0.05) is 23.0 Å². The molecule has 0 saturated carbocycles. The van der Waals surface area contributed by atoms with Crippen molar-refractivity contribution in [1.29, 1.82) is 0 Å². The van der Waals surface area contributed by atoms with Gasteiger partial charge in [-0.25, -0.2) is 0 Å². The minimum absolute atomic E-state index is 0.0351. The van der Waals surface area contributed by atoms with Gasteiger partial charge in [0.25, 0.3) is 0 Å². The van der Waals surface area contributed by atoms with Crippen LogP contribution in [0.2, 0.25) is 18.1 Å². The smallest absolute Gasteiger partial charge is 0.316 e. The number of carbonyl (C=O) groups excluding carboxylic acids is 1. The minimum atomic E-state index is -2.14. The van der Waals surface area contributed by atoms with Crippen LogP contribution in [-0.2, 0) is 24.8 Å². The Bertz CT molecular complexity index is 1100. The zero-order chi connectivity index (χ0) is 34.7. The van der Waals surface area contributed by atoms with Gasteiger partial charge in [-0.2, -0.15) is 0 Å². The summed E-state index contributed by atoms with van der Waals surface area (Å²) >= 11 is 0. The lowest BCUT2D eigenvalue weighted by Gasteiger charge is -2.44. The van der Waals surface area contributed by atoms with Crippen molar-refractivity contribution >= 4 is 14.3 Å². The third-order valence-corrected chi connectivity index (χ3v) is 14.7. The summed E-state index contributed by atoms with van der Waals surface area (Å²) in [5.41, 5.74) is 1.37. The third-order valence-electron chi connectivity index (χ3n) is 10.3. The highest BCUT2D eigenvalue weighted by molar-refractivity contribution is 6.74. The van der Waals surface area contributed by atoms with Crippen LogP contribution in [0.3, 0.4) is 0 Å². The first-order chi connectivity index (χ1) is 20.5. The first-order valence-electron chi connectivity index (χ1n) is 17.0. The van der Waals surface area contributed by atoms with Gasteiger partial charge < -0.3 is 23.7 Å². The van der Waals surface area contributed by atoms with E-state index in [1.807, 2.05) is 25.1 Å². The zero-order valence-electron chi connectivity index (χ0n) is 31.3. The molecule has 6 nitrogen and oxygen atoms in total. The van der Waals surface area contributed by atoms with E-state index in [0.29, 0.717) is 12.2 Å². The standard InChI is InChI=1S/C38H66O6Si/c1-17-18-19-30(39)24(2)33(44-45(15,16)38(11,12)13)25(3)31-20-21-32(42-31)26(4)35(40)43-34-28(36(5,6)7)22-27(41-14)23-29(34)37(8,9)10/h17,22-26,30-33,39H,1,18-21H2,2-16H3/t24-,25-,26-,30+,31+,32-,33+/m1/s1. The summed E-state index contributed by atoms with van der Waals surface area (Å²) in [6.45, 7) is 34.0. The molecule has 1 aromatic rings. The Morgan fingerprint density at radius 3 is 1.96 bits per heavy atom. The van der Waals surface area contributed by atoms with Crippen LogP contribution in [0, 0.1) is 17.8 Å². The van der Waals surface area contributed by atoms with E-state index in [9.17, 15) is 9.90 Å². The number of esters is 1. The van der Waals surface area contributed by atoms with Gasteiger partial charge >= 0.3 is 5.97 Å². The maximum atomic E-state index is 13.8. The van der Waals surface area contributed by atoms with Crippen LogP contribution in [0.1, 0.15) is 120 Å². The average molecular weight is 647 g/mol. The largest absolute Gasteiger partial charge is 0.497 e. The Balaban J connectivity index is 2.33. The Kier molecular flexibility index (Phi) is 13.2. The van der Waals surface area contributed by atoms with Crippen LogP contribution in [0.15, 0.2) is 24.8 Å². The molecule has 258 valence electrons. The molecule has 0 spiro atoms. The van der Waals surface area contributed by atoms with E-state index >= 15 is 0 Å². The molecule has 7 heteroatoms. The lowest BCUT2D eigenvalue weighted by atomic mass is 9.79. The molecule has 1 fully saturated rings. The average Bonchev–Trinajstić information content (AvgIpc) is 3.42. The first kappa shape index (κ1) is 39.5. The van der Waals surface area contributed by atoms with Crippen molar-refractivity contribution in [2.75, 3.05) is 7.11 Å². The van der Waals surface area contributed by atoms with Crippen molar-refractivity contribution in [2.45, 2.75) is 162 Å². The van der Waals surface area contributed by atoms with Crippen LogP contribution in [0.5, 0.6) is 11.5 Å². The van der Waals surface area contributed by atoms with Gasteiger partial charge in [-0.05, 0) is 73.7 Å². The maximum absolute atomic E-state index is 13.8. The topological polar surface area (TPSA) is 74.2 Å². The van der Waals surface area contributed by atoms with Crippen molar-refractivity contribution in [3.63, 3.8) is 0 Å². The molecule has 1 aliphatic rings. The second kappa shape index (κ2) is 15.0. The molecule has 7 atom stereocenters. The molecule has 1 N–H and O–H groups in total. The van der Waals surface area contributed by atoms with E-state index in [1.54, 1.807) is 7.11 Å². The molecular formula is C38H66O6Si. The maximum Gasteiger partial charge on any atom is 0.316 e. The number of aliphatic hydroxyl groups excluding tert-OH is 1. The van der Waals surface area contributed by atoms with E-state index < -0.39 is 20.3 Å². The molecule has 0 unspecified atom stereocenters. The predicted octanol–water partition coefficient (Wildman–Crippen LogP) is 9.37. The number of hydrogen-bond acceptors (Lipinski definition) is 6. The number of ether oxygens (including phenoxy) is 3. The normalized spacial score (nSPS) is 21.5. The molecule has 1 saturated heterocycles. The Hall–Kier alpha value is -1.67. The minimum Gasteiger partial charge on any atom is -0.497 e. The number of rotatable bonds is 13. The van der Waals surface area contributed by atoms with Gasteiger partial charge in [-0.3, -0.25) is 4.79 Å². The van der Waals surface area contributed by atoms with Crippen LogP contribution in [0.25, 0.3) is 0 Å². The van der Waals surface area contributed by atoms with E-state index in [4.69, 9.17) is 18.6 Å². The molecule has 0 amide bonds. The van der Waals surface area contributed by atoms with Crippen LogP contribution < -0.4 is 9.47 Å². The fourth-order valence-electron chi connectivity index (χ4n) is 5.93. The van der Waals surface area contributed by atoms with Gasteiger partial charge in [-0.15, -0.1) is 6.58 Å². The highest BCUT2D eigenvalue weighted by Gasteiger charge is 2.46. The molecule has 1 heterocycles. The number of carbonyl (C=O) groups is 1. The summed E-state index contributed by atoms with van der Waals surface area (Å²) in [5, 5.41) is 11.2. The highest BCUT2D eigenvalue weighted by atomic mass is 28.4. The molecular weight excluding hydrogens is 580 g/mol. The molecule has 2 rings (SSSR count). The van der Waals surface area contributed by atoms with Gasteiger partial charge in [0.2, 0.25) is 0 Å². The number of methoxy groups -OCH3 is 1. The summed E-state index contributed by atoms with van der Waals surface area (Å²) in [4.78, 5) is 13.8. The fraction of sp³-hybridized carbons (Fsp3) is 0.763. The molecule has 1 aromatic carbocycles. The van der Waals surface area contributed by atoms with Crippen molar-refractivity contribution in [1.82, 2.24) is 0 Å². The summed E-state index contributed by atoms with van der Waals surface area (Å²) in [5.74, 6) is 0.632. The second-order valence-corrected chi connectivity index (χ2v) is 21.8. The first-order valence-corrected chi connectivity index (χ1v) is 19.9. The monoisotopic (exact) mass is 646 g/mol. The Morgan fingerprint density at radius 1 is 1.00 bits per heavy atom. The molecule has 0 radical (unpaired) electrons. The molecule has 0 aliphatic carbocycles. The van der Waals surface area contributed by atoms with Crippen molar-refractivity contribution in [3.8, 4) is 11.5 Å². The lowest BCUT2D eigenvalue weighted by Crippen LogP contribution is -2.51. The zero-order valence-corrected chi connectivity index (χ0v) is 32.3. The SMILES string of the molecule is C=CCC[C@H](O)[C@@H](C)[C@H](O[Si](C)(C)C(C)(C)C)[C@H](C)[C@@H]1CC[C@H]([C@@H](C)C(=O)Oc2c(C(C)(C)C)cc(OC)cc2C(C)(C)C)O1. The highest BCUT2D eigenvalue weighted by Crippen LogP contribution is 2.44. The van der Waals surface area contributed by atoms with Gasteiger partial charge in [0.15, 0.2) is 8.32 Å². The van der Waals surface area contributed by atoms with E-state index in [1.165, 1.54) is 0 Å². The Labute approximate surface area is 276 Å². The molecule has 0 bridgehead atoms. The quantitative estimate of drug-likeness (QED) is 0.0996. The van der Waals surface area contributed by atoms with Crippen molar-refractivity contribution < 1.29 is 28.5 Å². The van der Waals surface area contributed by atoms with E-state index in [-0.39, 0.29) is 52.0 Å². The lowest BCUT2D eigenvalue weighted by molar-refractivity contribution is -0.144.